The minimum atomic E-state index is -1.48. The molecular formula is C14H10N5O4-. The van der Waals surface area contributed by atoms with Crippen molar-refractivity contribution >= 4 is 28.4 Å². The first-order valence-corrected chi connectivity index (χ1v) is 6.57. The Morgan fingerprint density at radius 2 is 2.04 bits per heavy atom. The summed E-state index contributed by atoms with van der Waals surface area (Å²) in [5.41, 5.74) is 1.16. The molecule has 3 rings (SSSR count). The first-order chi connectivity index (χ1) is 11.0. The molecule has 0 aliphatic carbocycles. The maximum Gasteiger partial charge on any atom is 0.272 e. The van der Waals surface area contributed by atoms with Crippen LogP contribution >= 0.6 is 0 Å². The Labute approximate surface area is 129 Å². The van der Waals surface area contributed by atoms with Crippen molar-refractivity contribution in [3.8, 4) is 0 Å². The number of anilines is 1. The number of hydrogen-bond donors (Lipinski definition) is 1. The third-order valence-corrected chi connectivity index (χ3v) is 3.22. The summed E-state index contributed by atoms with van der Waals surface area (Å²) in [6, 6.07) is 10.8. The lowest BCUT2D eigenvalue weighted by Gasteiger charge is -2.09. The van der Waals surface area contributed by atoms with Crippen LogP contribution in [0.5, 0.6) is 0 Å². The summed E-state index contributed by atoms with van der Waals surface area (Å²) >= 11 is 0. The Hall–Kier alpha value is -3.49. The van der Waals surface area contributed by atoms with Gasteiger partial charge in [-0.15, -0.1) is 5.10 Å². The Morgan fingerprint density at radius 1 is 1.26 bits per heavy atom. The highest BCUT2D eigenvalue weighted by Crippen LogP contribution is 2.21. The number of aromatic carboxylic acids is 1. The number of benzene rings is 2. The molecule has 1 aromatic heterocycles. The van der Waals surface area contributed by atoms with Crippen molar-refractivity contribution in [1.82, 2.24) is 15.0 Å². The van der Waals surface area contributed by atoms with E-state index in [4.69, 9.17) is 0 Å². The highest BCUT2D eigenvalue weighted by atomic mass is 16.6. The molecule has 0 saturated heterocycles. The molecule has 0 aliphatic rings. The molecule has 0 bridgehead atoms. The molecule has 0 unspecified atom stereocenters. The van der Waals surface area contributed by atoms with Crippen molar-refractivity contribution in [2.75, 3.05) is 5.32 Å². The lowest BCUT2D eigenvalue weighted by molar-refractivity contribution is -0.384. The van der Waals surface area contributed by atoms with Crippen LogP contribution < -0.4 is 10.4 Å². The van der Waals surface area contributed by atoms with E-state index in [1.165, 1.54) is 12.1 Å². The molecule has 0 atom stereocenters. The summed E-state index contributed by atoms with van der Waals surface area (Å²) in [6.07, 6.45) is 0. The molecule has 0 aliphatic heterocycles. The van der Waals surface area contributed by atoms with Gasteiger partial charge in [-0.1, -0.05) is 17.3 Å². The van der Waals surface area contributed by atoms with E-state index in [-0.39, 0.29) is 23.6 Å². The molecule has 9 heteroatoms. The Balaban J connectivity index is 1.87. The highest BCUT2D eigenvalue weighted by molar-refractivity contribution is 5.88. The number of rotatable bonds is 5. The first kappa shape index (κ1) is 14.4. The van der Waals surface area contributed by atoms with Gasteiger partial charge in [0.25, 0.3) is 5.69 Å². The van der Waals surface area contributed by atoms with Gasteiger partial charge >= 0.3 is 0 Å². The van der Waals surface area contributed by atoms with E-state index in [0.717, 1.165) is 11.6 Å². The van der Waals surface area contributed by atoms with Crippen molar-refractivity contribution in [1.29, 1.82) is 0 Å². The van der Waals surface area contributed by atoms with E-state index in [2.05, 4.69) is 15.6 Å². The van der Waals surface area contributed by atoms with Crippen LogP contribution in [0.15, 0.2) is 42.5 Å². The van der Waals surface area contributed by atoms with Crippen LogP contribution in [0.2, 0.25) is 0 Å². The number of nitrogens with zero attached hydrogens (tertiary/aromatic N) is 4. The van der Waals surface area contributed by atoms with Gasteiger partial charge in [-0.05, 0) is 18.2 Å². The number of carbonyl (C=O) groups excluding carboxylic acids is 1. The summed E-state index contributed by atoms with van der Waals surface area (Å²) in [5.74, 6) is -1.48. The van der Waals surface area contributed by atoms with Gasteiger partial charge in [0.05, 0.1) is 16.4 Å². The van der Waals surface area contributed by atoms with Crippen molar-refractivity contribution in [3.63, 3.8) is 0 Å². The predicted molar refractivity (Wildman–Crippen MR) is 78.6 cm³/mol. The van der Waals surface area contributed by atoms with E-state index in [0.29, 0.717) is 5.52 Å². The standard InChI is InChI=1S/C14H11N5O4/c20-14(21)9-5-10(7-11(6-9)19(22)23)15-8-18-13-4-2-1-3-12(13)16-17-18/h1-7,15H,8H2,(H,20,21)/p-1. The molecule has 23 heavy (non-hydrogen) atoms. The smallest absolute Gasteiger partial charge is 0.272 e. The number of nitrogens with one attached hydrogen (secondary N) is 1. The van der Waals surface area contributed by atoms with Crippen molar-refractivity contribution in [2.45, 2.75) is 6.67 Å². The maximum atomic E-state index is 10.9. The van der Waals surface area contributed by atoms with E-state index in [1.54, 1.807) is 10.7 Å². The zero-order valence-corrected chi connectivity index (χ0v) is 11.7. The van der Waals surface area contributed by atoms with Gasteiger partial charge in [0.15, 0.2) is 0 Å². The number of nitro groups is 1. The van der Waals surface area contributed by atoms with E-state index >= 15 is 0 Å². The third kappa shape index (κ3) is 2.93. The van der Waals surface area contributed by atoms with Gasteiger partial charge in [0.1, 0.15) is 12.2 Å². The van der Waals surface area contributed by atoms with Crippen molar-refractivity contribution in [3.05, 3.63) is 58.1 Å². The van der Waals surface area contributed by atoms with Crippen LogP contribution in [0.25, 0.3) is 11.0 Å². The van der Waals surface area contributed by atoms with Crippen molar-refractivity contribution < 1.29 is 14.8 Å². The Morgan fingerprint density at radius 3 is 2.78 bits per heavy atom. The predicted octanol–water partition coefficient (Wildman–Crippen LogP) is 0.773. The molecule has 2 aromatic carbocycles. The van der Waals surface area contributed by atoms with Gasteiger partial charge in [0.2, 0.25) is 0 Å². The molecule has 3 aromatic rings. The van der Waals surface area contributed by atoms with Gasteiger partial charge in [-0.3, -0.25) is 10.1 Å². The lowest BCUT2D eigenvalue weighted by atomic mass is 10.2. The summed E-state index contributed by atoms with van der Waals surface area (Å²) in [6.45, 7) is 0.175. The van der Waals surface area contributed by atoms with Gasteiger partial charge in [0, 0.05) is 23.4 Å². The fourth-order valence-corrected chi connectivity index (χ4v) is 2.14. The average molecular weight is 312 g/mol. The van der Waals surface area contributed by atoms with Gasteiger partial charge in [-0.25, -0.2) is 4.68 Å². The second kappa shape index (κ2) is 5.72. The van der Waals surface area contributed by atoms with Crippen LogP contribution in [-0.2, 0) is 6.67 Å². The topological polar surface area (TPSA) is 126 Å². The number of non-ortho nitro benzene ring substituents is 1. The SMILES string of the molecule is O=C([O-])c1cc(NCn2nnc3ccccc32)cc([N+](=O)[O-])c1. The molecule has 0 saturated carbocycles. The molecule has 1 heterocycles. The van der Waals surface area contributed by atoms with Crippen LogP contribution in [0.3, 0.4) is 0 Å². The summed E-state index contributed by atoms with van der Waals surface area (Å²) < 4.78 is 1.56. The maximum absolute atomic E-state index is 10.9. The number of hydrogen-bond acceptors (Lipinski definition) is 7. The number of carboxylic acid groups (broad SMARTS) is 1. The second-order valence-corrected chi connectivity index (χ2v) is 4.73. The number of fused-ring (bicyclic) bond motifs is 1. The Kier molecular flexibility index (Phi) is 3.59. The number of para-hydroxylation sites is 1. The van der Waals surface area contributed by atoms with Crippen molar-refractivity contribution in [2.24, 2.45) is 0 Å². The van der Waals surface area contributed by atoms with Crippen LogP contribution in [-0.4, -0.2) is 25.9 Å². The van der Waals surface area contributed by atoms with E-state index < -0.39 is 10.9 Å². The quantitative estimate of drug-likeness (QED) is 0.544. The van der Waals surface area contributed by atoms with Crippen LogP contribution in [0.4, 0.5) is 11.4 Å². The van der Waals surface area contributed by atoms with Crippen LogP contribution in [0.1, 0.15) is 10.4 Å². The normalized spacial score (nSPS) is 10.6. The molecule has 0 spiro atoms. The van der Waals surface area contributed by atoms with Crippen LogP contribution in [0, 0.1) is 10.1 Å². The van der Waals surface area contributed by atoms with E-state index in [1.807, 2.05) is 18.2 Å². The fraction of sp³-hybridized carbons (Fsp3) is 0.0714. The van der Waals surface area contributed by atoms with Gasteiger partial charge < -0.3 is 15.2 Å². The zero-order chi connectivity index (χ0) is 16.4. The number of nitro benzene ring substituents is 1. The first-order valence-electron chi connectivity index (χ1n) is 6.57. The fourth-order valence-electron chi connectivity index (χ4n) is 2.14. The molecule has 0 amide bonds. The lowest BCUT2D eigenvalue weighted by Crippen LogP contribution is -2.22. The molecule has 0 fully saturated rings. The van der Waals surface area contributed by atoms with Gasteiger partial charge in [-0.2, -0.15) is 0 Å². The molecule has 0 radical (unpaired) electrons. The molecule has 116 valence electrons. The number of carboxylic acids is 1. The molecular weight excluding hydrogens is 302 g/mol. The monoisotopic (exact) mass is 312 g/mol. The Bertz CT molecular complexity index is 873. The third-order valence-electron chi connectivity index (χ3n) is 3.22. The number of carbonyl (C=O) groups is 1. The van der Waals surface area contributed by atoms with E-state index in [9.17, 15) is 20.0 Å². The second-order valence-electron chi connectivity index (χ2n) is 4.73. The molecule has 1 N–H and O–H groups in total. The summed E-state index contributed by atoms with van der Waals surface area (Å²) in [5, 5.41) is 32.7. The summed E-state index contributed by atoms with van der Waals surface area (Å²) in [7, 11) is 0. The zero-order valence-electron chi connectivity index (χ0n) is 11.7. The number of aromatic nitrogens is 3. The summed E-state index contributed by atoms with van der Waals surface area (Å²) in [4.78, 5) is 21.2. The highest BCUT2D eigenvalue weighted by Gasteiger charge is 2.11. The minimum absolute atomic E-state index is 0.175. The minimum Gasteiger partial charge on any atom is -0.545 e. The largest absolute Gasteiger partial charge is 0.545 e. The molecule has 9 nitrogen and oxygen atoms in total. The average Bonchev–Trinajstić information content (AvgIpc) is 2.95.